The monoisotopic (exact) mass is 452 g/mol. The van der Waals surface area contributed by atoms with E-state index in [9.17, 15) is 14.4 Å². The molecule has 5 nitrogen and oxygen atoms in total. The molecule has 2 N–H and O–H groups in total. The zero-order valence-electron chi connectivity index (χ0n) is 18.1. The number of benzene rings is 2. The highest BCUT2D eigenvalue weighted by molar-refractivity contribution is 6.30. The number of Topliss-reactive ketones (excluding diaryl/α,β-unsaturated/α-hetero) is 1. The lowest BCUT2D eigenvalue weighted by atomic mass is 9.91. The Morgan fingerprint density at radius 3 is 2.53 bits per heavy atom. The maximum atomic E-state index is 12.9. The number of amides is 2. The number of hydrogen-bond acceptors (Lipinski definition) is 3. The van der Waals surface area contributed by atoms with Gasteiger partial charge in [-0.25, -0.2) is 0 Å². The number of ketones is 1. The van der Waals surface area contributed by atoms with Gasteiger partial charge in [0.15, 0.2) is 0 Å². The summed E-state index contributed by atoms with van der Waals surface area (Å²) in [5.41, 5.74) is 1.98. The highest BCUT2D eigenvalue weighted by atomic mass is 35.5. The molecule has 0 aliphatic carbocycles. The van der Waals surface area contributed by atoms with Crippen molar-refractivity contribution in [3.63, 3.8) is 0 Å². The zero-order chi connectivity index (χ0) is 22.8. The van der Waals surface area contributed by atoms with Crippen LogP contribution in [0.25, 0.3) is 0 Å². The summed E-state index contributed by atoms with van der Waals surface area (Å²) in [6.45, 7) is 0.763. The summed E-state index contributed by atoms with van der Waals surface area (Å²) in [5, 5.41) is 6.51. The van der Waals surface area contributed by atoms with Crippen LogP contribution in [0.15, 0.2) is 66.7 Å². The highest BCUT2D eigenvalue weighted by Gasteiger charge is 2.23. The minimum Gasteiger partial charge on any atom is -0.355 e. The largest absolute Gasteiger partial charge is 0.355 e. The molecule has 1 aliphatic rings. The number of hydrogen-bond donors (Lipinski definition) is 2. The molecule has 0 radical (unpaired) electrons. The Morgan fingerprint density at radius 1 is 1.03 bits per heavy atom. The van der Waals surface area contributed by atoms with Gasteiger partial charge in [-0.3, -0.25) is 14.4 Å². The third-order valence-electron chi connectivity index (χ3n) is 5.65. The first-order chi connectivity index (χ1) is 15.5. The molecule has 1 unspecified atom stereocenters. The van der Waals surface area contributed by atoms with Gasteiger partial charge in [0.2, 0.25) is 11.8 Å². The van der Waals surface area contributed by atoms with Crippen molar-refractivity contribution in [3.8, 4) is 0 Å². The van der Waals surface area contributed by atoms with Crippen molar-refractivity contribution in [3.05, 3.63) is 82.9 Å². The van der Waals surface area contributed by atoms with Gasteiger partial charge in [-0.05, 0) is 36.1 Å². The number of nitrogens with one attached hydrogen (secondary N) is 2. The summed E-state index contributed by atoms with van der Waals surface area (Å²) in [7, 11) is 0. The summed E-state index contributed by atoms with van der Waals surface area (Å²) in [5.74, 6) is -0.671. The second-order valence-corrected chi connectivity index (χ2v) is 8.58. The van der Waals surface area contributed by atoms with Gasteiger partial charge < -0.3 is 10.6 Å². The maximum absolute atomic E-state index is 12.9. The molecule has 1 aliphatic heterocycles. The molecule has 3 rings (SSSR count). The molecule has 32 heavy (non-hydrogen) atoms. The van der Waals surface area contributed by atoms with E-state index in [4.69, 9.17) is 11.6 Å². The predicted octanol–water partition coefficient (Wildman–Crippen LogP) is 4.56. The molecule has 2 aromatic rings. The number of rotatable bonds is 5. The summed E-state index contributed by atoms with van der Waals surface area (Å²) < 4.78 is 0. The van der Waals surface area contributed by atoms with Crippen molar-refractivity contribution in [2.45, 2.75) is 44.6 Å². The van der Waals surface area contributed by atoms with Crippen LogP contribution in [0.2, 0.25) is 5.02 Å². The van der Waals surface area contributed by atoms with E-state index in [1.807, 2.05) is 54.6 Å². The molecule has 2 aromatic carbocycles. The molecule has 0 aromatic heterocycles. The second-order valence-electron chi connectivity index (χ2n) is 8.15. The fraction of sp³-hybridized carbons (Fsp3) is 0.346. The van der Waals surface area contributed by atoms with Crippen molar-refractivity contribution in [2.24, 2.45) is 5.92 Å². The van der Waals surface area contributed by atoms with Gasteiger partial charge in [-0.2, -0.15) is 0 Å². The average molecular weight is 453 g/mol. The first-order valence-electron chi connectivity index (χ1n) is 11.0. The quantitative estimate of drug-likeness (QED) is 0.653. The van der Waals surface area contributed by atoms with Gasteiger partial charge in [-0.1, -0.05) is 66.2 Å². The van der Waals surface area contributed by atoms with Crippen molar-refractivity contribution < 1.29 is 14.4 Å². The third-order valence-corrected chi connectivity index (χ3v) is 5.90. The molecular formula is C26H29ClN2O3. The Labute approximate surface area is 194 Å². The van der Waals surface area contributed by atoms with Crippen LogP contribution >= 0.6 is 11.6 Å². The van der Waals surface area contributed by atoms with Crippen LogP contribution in [-0.2, 0) is 20.9 Å². The van der Waals surface area contributed by atoms with Crippen LogP contribution < -0.4 is 10.6 Å². The molecule has 168 valence electrons. The molecule has 6 heteroatoms. The molecule has 0 fully saturated rings. The lowest BCUT2D eigenvalue weighted by molar-refractivity contribution is -0.130. The lowest BCUT2D eigenvalue weighted by Gasteiger charge is -2.21. The summed E-state index contributed by atoms with van der Waals surface area (Å²) in [6, 6.07) is 17.1. The SMILES string of the molecule is O=C1CC/C=C/C[C@@H](CC(=O)NCc2ccc(Cl)cc2)C(=O)NCC(c2ccccc2)C1. The van der Waals surface area contributed by atoms with E-state index in [-0.39, 0.29) is 29.9 Å². The van der Waals surface area contributed by atoms with Gasteiger partial charge in [0.25, 0.3) is 0 Å². The van der Waals surface area contributed by atoms with E-state index in [0.717, 1.165) is 11.1 Å². The van der Waals surface area contributed by atoms with Crippen molar-refractivity contribution in [2.75, 3.05) is 6.54 Å². The molecule has 1 heterocycles. The Kier molecular flexibility index (Phi) is 9.05. The molecule has 2 amide bonds. The van der Waals surface area contributed by atoms with Crippen molar-refractivity contribution in [1.82, 2.24) is 10.6 Å². The van der Waals surface area contributed by atoms with E-state index in [1.165, 1.54) is 0 Å². The lowest BCUT2D eigenvalue weighted by Crippen LogP contribution is -2.37. The van der Waals surface area contributed by atoms with Crippen LogP contribution in [0.4, 0.5) is 0 Å². The molecule has 2 atom stereocenters. The zero-order valence-corrected chi connectivity index (χ0v) is 18.8. The number of allylic oxidation sites excluding steroid dienone is 2. The van der Waals surface area contributed by atoms with Gasteiger partial charge in [-0.15, -0.1) is 0 Å². The van der Waals surface area contributed by atoms with E-state index in [1.54, 1.807) is 12.1 Å². The topological polar surface area (TPSA) is 75.3 Å². The van der Waals surface area contributed by atoms with E-state index < -0.39 is 5.92 Å². The fourth-order valence-corrected chi connectivity index (χ4v) is 3.91. The minimum atomic E-state index is -0.456. The van der Waals surface area contributed by atoms with Crippen molar-refractivity contribution >= 4 is 29.2 Å². The number of halogens is 1. The van der Waals surface area contributed by atoms with Crippen LogP contribution in [0.1, 0.15) is 49.1 Å². The van der Waals surface area contributed by atoms with Gasteiger partial charge >= 0.3 is 0 Å². The highest BCUT2D eigenvalue weighted by Crippen LogP contribution is 2.22. The summed E-state index contributed by atoms with van der Waals surface area (Å²) >= 11 is 5.90. The van der Waals surface area contributed by atoms with E-state index in [2.05, 4.69) is 10.6 Å². The predicted molar refractivity (Wildman–Crippen MR) is 126 cm³/mol. The Bertz CT molecular complexity index is 941. The molecule has 0 spiro atoms. The average Bonchev–Trinajstić information content (AvgIpc) is 2.80. The Morgan fingerprint density at radius 2 is 1.78 bits per heavy atom. The first kappa shape index (κ1) is 23.7. The standard InChI is InChI=1S/C26H29ClN2O3/c27-23-13-11-19(12-14-23)17-28-25(31)16-21-9-5-2-6-10-24(30)15-22(18-29-26(21)32)20-7-3-1-4-8-20/h1-5,7-8,11-14,21-22H,6,9-10,15-18H2,(H,28,31)(H,29,32)/b5-2+/t21-,22?/m0/s1. The Balaban J connectivity index is 1.62. The third kappa shape index (κ3) is 7.65. The number of carbonyl (C=O) groups excluding carboxylic acids is 3. The number of carbonyl (C=O) groups is 3. The van der Waals surface area contributed by atoms with Gasteiger partial charge in [0.1, 0.15) is 5.78 Å². The van der Waals surface area contributed by atoms with E-state index in [0.29, 0.717) is 43.8 Å². The molecule has 0 bridgehead atoms. The van der Waals surface area contributed by atoms with Crippen LogP contribution in [-0.4, -0.2) is 24.1 Å². The second kappa shape index (κ2) is 12.2. The molecular weight excluding hydrogens is 424 g/mol. The van der Waals surface area contributed by atoms with Gasteiger partial charge in [0.05, 0.1) is 5.92 Å². The maximum Gasteiger partial charge on any atom is 0.223 e. The van der Waals surface area contributed by atoms with Crippen LogP contribution in [0.5, 0.6) is 0 Å². The molecule has 0 saturated heterocycles. The van der Waals surface area contributed by atoms with Gasteiger partial charge in [0, 0.05) is 43.3 Å². The fourth-order valence-electron chi connectivity index (χ4n) is 3.78. The van der Waals surface area contributed by atoms with Crippen LogP contribution in [0.3, 0.4) is 0 Å². The van der Waals surface area contributed by atoms with Crippen molar-refractivity contribution in [1.29, 1.82) is 0 Å². The first-order valence-corrected chi connectivity index (χ1v) is 11.4. The minimum absolute atomic E-state index is 0.0737. The smallest absolute Gasteiger partial charge is 0.223 e. The normalized spacial score (nSPS) is 21.0. The summed E-state index contributed by atoms with van der Waals surface area (Å²) in [6.07, 6.45) is 5.94. The Hall–Kier alpha value is -2.92. The van der Waals surface area contributed by atoms with E-state index >= 15 is 0 Å². The van der Waals surface area contributed by atoms with Crippen LogP contribution in [0, 0.1) is 5.92 Å². The summed E-state index contributed by atoms with van der Waals surface area (Å²) in [4.78, 5) is 37.8. The molecule has 0 saturated carbocycles.